The number of rotatable bonds is 4. The largest absolute Gasteiger partial charge is 0.481 e. The Labute approximate surface area is 94.2 Å². The Balaban J connectivity index is 2.30. The molecule has 5 heteroatoms. The third-order valence-corrected chi connectivity index (χ3v) is 2.84. The summed E-state index contributed by atoms with van der Waals surface area (Å²) in [6, 6.07) is 0. The van der Waals surface area contributed by atoms with Gasteiger partial charge in [-0.1, -0.05) is 6.42 Å². The minimum Gasteiger partial charge on any atom is -0.481 e. The number of hydrogen-bond acceptors (Lipinski definition) is 4. The van der Waals surface area contributed by atoms with Crippen LogP contribution in [0, 0.1) is 0 Å². The molecule has 1 saturated carbocycles. The van der Waals surface area contributed by atoms with Crippen LogP contribution in [0.25, 0.3) is 0 Å². The summed E-state index contributed by atoms with van der Waals surface area (Å²) >= 11 is 4.84. The summed E-state index contributed by atoms with van der Waals surface area (Å²) in [5.74, 6) is -1.07. The lowest BCUT2D eigenvalue weighted by Crippen LogP contribution is -2.29. The second-order valence-corrected chi connectivity index (χ2v) is 4.21. The van der Waals surface area contributed by atoms with Crippen LogP contribution in [0.5, 0.6) is 0 Å². The first-order valence-corrected chi connectivity index (χ1v) is 5.61. The zero-order chi connectivity index (χ0) is 11.3. The fraction of sp³-hybridized carbons (Fsp3) is 0.800. The first kappa shape index (κ1) is 12.4. The molecule has 0 radical (unpaired) electrons. The van der Waals surface area contributed by atoms with E-state index in [1.54, 1.807) is 0 Å². The van der Waals surface area contributed by atoms with Crippen molar-refractivity contribution in [2.45, 2.75) is 50.7 Å². The molecule has 0 bridgehead atoms. The van der Waals surface area contributed by atoms with Gasteiger partial charge in [-0.2, -0.15) is 0 Å². The second kappa shape index (κ2) is 6.02. The quantitative estimate of drug-likeness (QED) is 0.719. The summed E-state index contributed by atoms with van der Waals surface area (Å²) in [4.78, 5) is 10.3. The van der Waals surface area contributed by atoms with Gasteiger partial charge in [0, 0.05) is 0 Å². The molecule has 1 aliphatic carbocycles. The number of carboxylic acids is 1. The van der Waals surface area contributed by atoms with Crippen molar-refractivity contribution in [2.24, 2.45) is 0 Å². The topological polar surface area (TPSA) is 66.8 Å². The van der Waals surface area contributed by atoms with Crippen LogP contribution in [0.2, 0.25) is 0 Å². The molecule has 1 unspecified atom stereocenters. The molecule has 2 N–H and O–H groups in total. The SMILES string of the molecule is O=C(O)CC(O)C(=S)OC1CCCCC1. The number of ether oxygens (including phenoxy) is 1. The Morgan fingerprint density at radius 2 is 2.00 bits per heavy atom. The molecule has 0 aliphatic heterocycles. The van der Waals surface area contributed by atoms with Crippen molar-refractivity contribution < 1.29 is 19.7 Å². The zero-order valence-electron chi connectivity index (χ0n) is 8.52. The number of aliphatic hydroxyl groups is 1. The fourth-order valence-electron chi connectivity index (χ4n) is 1.67. The molecular weight excluding hydrogens is 216 g/mol. The van der Waals surface area contributed by atoms with Crippen molar-refractivity contribution in [3.05, 3.63) is 0 Å². The Morgan fingerprint density at radius 3 is 2.53 bits per heavy atom. The van der Waals surface area contributed by atoms with Gasteiger partial charge in [-0.25, -0.2) is 0 Å². The van der Waals surface area contributed by atoms with Gasteiger partial charge in [-0.3, -0.25) is 4.79 Å². The zero-order valence-corrected chi connectivity index (χ0v) is 9.33. The van der Waals surface area contributed by atoms with Crippen molar-refractivity contribution in [1.29, 1.82) is 0 Å². The maximum atomic E-state index is 10.3. The standard InChI is InChI=1S/C10H16O4S/c11-8(6-9(12)13)10(15)14-7-4-2-1-3-5-7/h7-8,11H,1-6H2,(H,12,13). The van der Waals surface area contributed by atoms with Crippen LogP contribution in [0.3, 0.4) is 0 Å². The van der Waals surface area contributed by atoms with E-state index in [9.17, 15) is 9.90 Å². The number of aliphatic carboxylic acids is 1. The van der Waals surface area contributed by atoms with Crippen LogP contribution in [0.4, 0.5) is 0 Å². The fourth-order valence-corrected chi connectivity index (χ4v) is 1.89. The van der Waals surface area contributed by atoms with Crippen LogP contribution >= 0.6 is 12.2 Å². The van der Waals surface area contributed by atoms with Crippen molar-refractivity contribution in [2.75, 3.05) is 0 Å². The monoisotopic (exact) mass is 232 g/mol. The van der Waals surface area contributed by atoms with E-state index in [1.165, 1.54) is 6.42 Å². The number of hydrogen-bond donors (Lipinski definition) is 2. The Kier molecular flexibility index (Phi) is 4.98. The molecular formula is C10H16O4S. The lowest BCUT2D eigenvalue weighted by Gasteiger charge is -2.24. The van der Waals surface area contributed by atoms with Crippen LogP contribution < -0.4 is 0 Å². The van der Waals surface area contributed by atoms with Gasteiger partial charge in [-0.05, 0) is 37.9 Å². The van der Waals surface area contributed by atoms with Gasteiger partial charge >= 0.3 is 5.97 Å². The van der Waals surface area contributed by atoms with Crippen molar-refractivity contribution in [3.63, 3.8) is 0 Å². The summed E-state index contributed by atoms with van der Waals surface area (Å²) in [5, 5.41) is 17.9. The Bertz CT molecular complexity index is 236. The van der Waals surface area contributed by atoms with Crippen LogP contribution in [-0.2, 0) is 9.53 Å². The molecule has 4 nitrogen and oxygen atoms in total. The van der Waals surface area contributed by atoms with E-state index in [-0.39, 0.29) is 17.6 Å². The Morgan fingerprint density at radius 1 is 1.40 bits per heavy atom. The normalized spacial score (nSPS) is 19.5. The predicted molar refractivity (Wildman–Crippen MR) is 58.8 cm³/mol. The van der Waals surface area contributed by atoms with Crippen LogP contribution in [-0.4, -0.2) is 33.4 Å². The summed E-state index contributed by atoms with van der Waals surface area (Å²) < 4.78 is 5.37. The number of aliphatic hydroxyl groups excluding tert-OH is 1. The molecule has 0 aromatic rings. The van der Waals surface area contributed by atoms with E-state index in [0.717, 1.165) is 25.7 Å². The Hall–Kier alpha value is -0.680. The van der Waals surface area contributed by atoms with Crippen LogP contribution in [0.1, 0.15) is 38.5 Å². The van der Waals surface area contributed by atoms with E-state index in [0.29, 0.717) is 0 Å². The number of thiocarbonyl (C=S) groups is 1. The van der Waals surface area contributed by atoms with E-state index in [1.807, 2.05) is 0 Å². The summed E-state index contributed by atoms with van der Waals surface area (Å²) in [6.45, 7) is 0. The molecule has 0 spiro atoms. The highest BCUT2D eigenvalue weighted by Crippen LogP contribution is 2.21. The predicted octanol–water partition coefficient (Wildman–Crippen LogP) is 1.50. The average Bonchev–Trinajstić information content (AvgIpc) is 2.18. The first-order chi connectivity index (χ1) is 7.09. The highest BCUT2D eigenvalue weighted by atomic mass is 32.1. The van der Waals surface area contributed by atoms with Crippen molar-refractivity contribution in [1.82, 2.24) is 0 Å². The summed E-state index contributed by atoms with van der Waals surface area (Å²) in [6.07, 6.45) is 3.84. The third-order valence-electron chi connectivity index (χ3n) is 2.48. The van der Waals surface area contributed by atoms with Gasteiger partial charge < -0.3 is 14.9 Å². The molecule has 15 heavy (non-hydrogen) atoms. The second-order valence-electron chi connectivity index (χ2n) is 3.81. The minimum absolute atomic E-state index is 0.0179. The molecule has 0 heterocycles. The molecule has 1 aliphatic rings. The minimum atomic E-state index is -1.17. The van der Waals surface area contributed by atoms with Crippen molar-refractivity contribution in [3.8, 4) is 0 Å². The maximum Gasteiger partial charge on any atom is 0.306 e. The molecule has 1 rings (SSSR count). The van der Waals surface area contributed by atoms with E-state index in [2.05, 4.69) is 0 Å². The van der Waals surface area contributed by atoms with E-state index in [4.69, 9.17) is 22.1 Å². The van der Waals surface area contributed by atoms with Gasteiger partial charge in [0.15, 0.2) is 5.05 Å². The van der Waals surface area contributed by atoms with Gasteiger partial charge in [0.25, 0.3) is 0 Å². The lowest BCUT2D eigenvalue weighted by molar-refractivity contribution is -0.138. The lowest BCUT2D eigenvalue weighted by atomic mass is 9.98. The molecule has 0 aromatic carbocycles. The first-order valence-electron chi connectivity index (χ1n) is 5.20. The van der Waals surface area contributed by atoms with Gasteiger partial charge in [0.2, 0.25) is 0 Å². The molecule has 1 fully saturated rings. The molecule has 0 amide bonds. The van der Waals surface area contributed by atoms with Gasteiger partial charge in [0.1, 0.15) is 6.10 Å². The molecule has 1 atom stereocenters. The number of carboxylic acid groups (broad SMARTS) is 1. The molecule has 0 aromatic heterocycles. The van der Waals surface area contributed by atoms with Gasteiger partial charge in [0.05, 0.1) is 12.5 Å². The highest BCUT2D eigenvalue weighted by Gasteiger charge is 2.21. The van der Waals surface area contributed by atoms with Gasteiger partial charge in [-0.15, -0.1) is 0 Å². The average molecular weight is 232 g/mol. The third kappa shape index (κ3) is 4.57. The summed E-state index contributed by atoms with van der Waals surface area (Å²) in [5.41, 5.74) is 0. The number of carbonyl (C=O) groups is 1. The maximum absolute atomic E-state index is 10.3. The van der Waals surface area contributed by atoms with E-state index >= 15 is 0 Å². The molecule has 86 valence electrons. The smallest absolute Gasteiger partial charge is 0.306 e. The van der Waals surface area contributed by atoms with E-state index < -0.39 is 12.1 Å². The molecule has 0 saturated heterocycles. The van der Waals surface area contributed by atoms with Crippen molar-refractivity contribution >= 4 is 23.2 Å². The van der Waals surface area contributed by atoms with Crippen LogP contribution in [0.15, 0.2) is 0 Å². The summed E-state index contributed by atoms with van der Waals surface area (Å²) in [7, 11) is 0. The highest BCUT2D eigenvalue weighted by molar-refractivity contribution is 7.80.